The maximum absolute atomic E-state index is 11.6. The van der Waals surface area contributed by atoms with E-state index in [4.69, 9.17) is 9.47 Å². The summed E-state index contributed by atoms with van der Waals surface area (Å²) in [7, 11) is 0. The Labute approximate surface area is 203 Å². The van der Waals surface area contributed by atoms with Gasteiger partial charge in [0.1, 0.15) is 18.5 Å². The van der Waals surface area contributed by atoms with Crippen LogP contribution in [0.25, 0.3) is 22.5 Å². The molecule has 3 aromatic rings. The lowest BCUT2D eigenvalue weighted by Crippen LogP contribution is -2.21. The van der Waals surface area contributed by atoms with Gasteiger partial charge in [0.15, 0.2) is 5.82 Å². The molecule has 0 bridgehead atoms. The summed E-state index contributed by atoms with van der Waals surface area (Å²) in [5.74, 6) is 1.20. The highest BCUT2D eigenvalue weighted by Crippen LogP contribution is 2.23. The fraction of sp³-hybridized carbons (Fsp3) is 0.414. The van der Waals surface area contributed by atoms with E-state index in [1.54, 1.807) is 0 Å². The molecule has 0 aliphatic heterocycles. The van der Waals surface area contributed by atoms with Crippen LogP contribution in [0.1, 0.15) is 64.9 Å². The van der Waals surface area contributed by atoms with Gasteiger partial charge >= 0.3 is 5.97 Å². The number of rotatable bonds is 13. The normalized spacial score (nSPS) is 11.7. The highest BCUT2D eigenvalue weighted by molar-refractivity contribution is 5.69. The summed E-state index contributed by atoms with van der Waals surface area (Å²) in [6.07, 6.45) is 10.9. The highest BCUT2D eigenvalue weighted by atomic mass is 16.6. The first-order valence-electron chi connectivity index (χ1n) is 12.4. The number of esters is 1. The van der Waals surface area contributed by atoms with Crippen molar-refractivity contribution in [3.05, 3.63) is 66.5 Å². The molecule has 0 spiro atoms. The third-order valence-corrected chi connectivity index (χ3v) is 5.64. The zero-order chi connectivity index (χ0) is 24.2. The van der Waals surface area contributed by atoms with Crippen molar-refractivity contribution in [2.75, 3.05) is 6.61 Å². The van der Waals surface area contributed by atoms with E-state index in [0.29, 0.717) is 24.6 Å². The van der Waals surface area contributed by atoms with Gasteiger partial charge < -0.3 is 9.47 Å². The van der Waals surface area contributed by atoms with E-state index in [1.807, 2.05) is 50.5 Å². The Balaban J connectivity index is 1.53. The third kappa shape index (κ3) is 7.98. The molecule has 2 aromatic carbocycles. The lowest BCUT2D eigenvalue weighted by Gasteiger charge is -2.14. The number of hydrogen-bond acceptors (Lipinski definition) is 5. The lowest BCUT2D eigenvalue weighted by molar-refractivity contribution is -0.149. The Bertz CT molecular complexity index is 999. The predicted molar refractivity (Wildman–Crippen MR) is 137 cm³/mol. The van der Waals surface area contributed by atoms with E-state index in [9.17, 15) is 4.79 Å². The van der Waals surface area contributed by atoms with Gasteiger partial charge in [0.25, 0.3) is 0 Å². The van der Waals surface area contributed by atoms with Gasteiger partial charge in [0, 0.05) is 29.9 Å². The maximum Gasteiger partial charge on any atom is 0.306 e. The van der Waals surface area contributed by atoms with Crippen molar-refractivity contribution in [1.82, 2.24) is 9.97 Å². The van der Waals surface area contributed by atoms with Gasteiger partial charge in [-0.2, -0.15) is 0 Å². The van der Waals surface area contributed by atoms with E-state index in [0.717, 1.165) is 29.5 Å². The molecule has 1 aromatic heterocycles. The van der Waals surface area contributed by atoms with Crippen LogP contribution in [0, 0.1) is 0 Å². The number of ether oxygens (including phenoxy) is 2. The van der Waals surface area contributed by atoms with Crippen LogP contribution in [-0.4, -0.2) is 28.6 Å². The number of nitrogens with zero attached hydrogens (tertiary/aromatic N) is 2. The van der Waals surface area contributed by atoms with E-state index in [1.165, 1.54) is 31.2 Å². The van der Waals surface area contributed by atoms with Crippen molar-refractivity contribution in [3.8, 4) is 28.3 Å². The van der Waals surface area contributed by atoms with E-state index >= 15 is 0 Å². The number of unbranched alkanes of at least 4 members (excludes halogenated alkanes) is 3. The van der Waals surface area contributed by atoms with Crippen LogP contribution in [0.3, 0.4) is 0 Å². The average Bonchev–Trinajstić information content (AvgIpc) is 2.86. The summed E-state index contributed by atoms with van der Waals surface area (Å²) in [6, 6.07) is 16.4. The maximum atomic E-state index is 11.6. The number of carbonyl (C=O) groups is 1. The number of benzene rings is 2. The van der Waals surface area contributed by atoms with Crippen LogP contribution >= 0.6 is 0 Å². The topological polar surface area (TPSA) is 61.3 Å². The molecule has 5 heteroatoms. The third-order valence-electron chi connectivity index (χ3n) is 5.64. The molecule has 34 heavy (non-hydrogen) atoms. The molecule has 0 fully saturated rings. The minimum atomic E-state index is -0.287. The van der Waals surface area contributed by atoms with Crippen molar-refractivity contribution in [2.45, 2.75) is 71.8 Å². The highest BCUT2D eigenvalue weighted by Gasteiger charge is 2.10. The summed E-state index contributed by atoms with van der Waals surface area (Å²) in [4.78, 5) is 20.7. The van der Waals surface area contributed by atoms with Crippen molar-refractivity contribution >= 4 is 5.97 Å². The second kappa shape index (κ2) is 13.5. The molecule has 0 amide bonds. The van der Waals surface area contributed by atoms with Crippen LogP contribution in [0.5, 0.6) is 5.75 Å². The summed E-state index contributed by atoms with van der Waals surface area (Å²) in [5, 5.41) is 0. The first-order valence-corrected chi connectivity index (χ1v) is 12.4. The Morgan fingerprint density at radius 3 is 2.15 bits per heavy atom. The molecule has 0 N–H and O–H groups in total. The molecule has 0 saturated carbocycles. The first kappa shape index (κ1) is 25.4. The van der Waals surface area contributed by atoms with Crippen molar-refractivity contribution in [3.63, 3.8) is 0 Å². The molecule has 1 heterocycles. The van der Waals surface area contributed by atoms with Crippen LogP contribution in [0.15, 0.2) is 60.9 Å². The zero-order valence-corrected chi connectivity index (χ0v) is 20.6. The molecular formula is C29H36N2O3. The van der Waals surface area contributed by atoms with Crippen LogP contribution in [0.2, 0.25) is 0 Å². The smallest absolute Gasteiger partial charge is 0.306 e. The molecule has 0 aliphatic rings. The molecular weight excluding hydrogens is 424 g/mol. The summed E-state index contributed by atoms with van der Waals surface area (Å²) >= 11 is 0. The van der Waals surface area contributed by atoms with Gasteiger partial charge in [-0.1, -0.05) is 57.4 Å². The second-order valence-corrected chi connectivity index (χ2v) is 8.69. The van der Waals surface area contributed by atoms with Crippen LogP contribution in [0.4, 0.5) is 0 Å². The Hall–Kier alpha value is -3.21. The first-order chi connectivity index (χ1) is 16.6. The lowest BCUT2D eigenvalue weighted by atomic mass is 10.0. The van der Waals surface area contributed by atoms with Gasteiger partial charge in [-0.3, -0.25) is 4.79 Å². The molecule has 0 radical (unpaired) electrons. The van der Waals surface area contributed by atoms with Gasteiger partial charge in [0.2, 0.25) is 0 Å². The summed E-state index contributed by atoms with van der Waals surface area (Å²) in [6.45, 7) is 6.34. The average molecular weight is 461 g/mol. The molecule has 0 saturated heterocycles. The minimum absolute atomic E-state index is 0.187. The second-order valence-electron chi connectivity index (χ2n) is 8.69. The standard InChI is InChI=1S/C29H36N2O3/c1-4-6-7-8-10-23-11-13-24(14-12-23)26-19-30-29(31-20-26)25-15-17-27(18-16-25)33-21-22(3)34-28(32)9-5-2/h11-20,22H,4-10,21H2,1-3H3. The molecule has 1 atom stereocenters. The van der Waals surface area contributed by atoms with Crippen molar-refractivity contribution < 1.29 is 14.3 Å². The quantitative estimate of drug-likeness (QED) is 0.202. The molecule has 180 valence electrons. The fourth-order valence-corrected chi connectivity index (χ4v) is 3.68. The predicted octanol–water partition coefficient (Wildman–Crippen LogP) is 7.04. The SMILES string of the molecule is CCCCCCc1ccc(-c2cnc(-c3ccc(OCC(C)OC(=O)CCC)cc3)nc2)cc1. The Kier molecular flexibility index (Phi) is 10.1. The van der Waals surface area contributed by atoms with Gasteiger partial charge in [-0.15, -0.1) is 0 Å². The number of aromatic nitrogens is 2. The van der Waals surface area contributed by atoms with E-state index in [-0.39, 0.29) is 12.1 Å². The Morgan fingerprint density at radius 2 is 1.50 bits per heavy atom. The number of aryl methyl sites for hydroxylation is 1. The number of carbonyl (C=O) groups excluding carboxylic acids is 1. The molecule has 3 rings (SSSR count). The van der Waals surface area contributed by atoms with Crippen LogP contribution < -0.4 is 4.74 Å². The summed E-state index contributed by atoms with van der Waals surface area (Å²) < 4.78 is 11.0. The molecule has 1 unspecified atom stereocenters. The van der Waals surface area contributed by atoms with Crippen molar-refractivity contribution in [2.24, 2.45) is 0 Å². The van der Waals surface area contributed by atoms with Crippen molar-refractivity contribution in [1.29, 1.82) is 0 Å². The van der Waals surface area contributed by atoms with E-state index in [2.05, 4.69) is 41.2 Å². The Morgan fingerprint density at radius 1 is 0.824 bits per heavy atom. The van der Waals surface area contributed by atoms with Gasteiger partial charge in [0.05, 0.1) is 0 Å². The fourth-order valence-electron chi connectivity index (χ4n) is 3.68. The van der Waals surface area contributed by atoms with Gasteiger partial charge in [-0.05, 0) is 61.6 Å². The summed E-state index contributed by atoms with van der Waals surface area (Å²) in [5.41, 5.74) is 4.44. The van der Waals surface area contributed by atoms with Crippen LogP contribution in [-0.2, 0) is 16.0 Å². The van der Waals surface area contributed by atoms with E-state index < -0.39 is 0 Å². The van der Waals surface area contributed by atoms with Gasteiger partial charge in [-0.25, -0.2) is 9.97 Å². The monoisotopic (exact) mass is 460 g/mol. The number of hydrogen-bond donors (Lipinski definition) is 0. The molecule has 5 nitrogen and oxygen atoms in total. The molecule has 0 aliphatic carbocycles. The largest absolute Gasteiger partial charge is 0.490 e. The zero-order valence-electron chi connectivity index (χ0n) is 20.6. The minimum Gasteiger partial charge on any atom is -0.490 e.